The van der Waals surface area contributed by atoms with E-state index in [9.17, 15) is 13.6 Å². The highest BCUT2D eigenvalue weighted by molar-refractivity contribution is 6.03. The summed E-state index contributed by atoms with van der Waals surface area (Å²) in [6, 6.07) is 11.4. The van der Waals surface area contributed by atoms with Gasteiger partial charge in [0.15, 0.2) is 11.5 Å². The molecule has 0 unspecified atom stereocenters. The second-order valence-electron chi connectivity index (χ2n) is 5.99. The van der Waals surface area contributed by atoms with E-state index in [2.05, 4.69) is 15.6 Å². The van der Waals surface area contributed by atoms with Gasteiger partial charge in [0.2, 0.25) is 0 Å². The zero-order chi connectivity index (χ0) is 19.5. The first-order chi connectivity index (χ1) is 13.6. The molecule has 3 aromatic rings. The van der Waals surface area contributed by atoms with Crippen LogP contribution in [0.3, 0.4) is 0 Å². The van der Waals surface area contributed by atoms with Crippen LogP contribution < -0.4 is 20.1 Å². The van der Waals surface area contributed by atoms with E-state index in [4.69, 9.17) is 9.47 Å². The molecule has 1 aliphatic heterocycles. The molecule has 0 atom stereocenters. The Kier molecular flexibility index (Phi) is 4.76. The largest absolute Gasteiger partial charge is 0.486 e. The van der Waals surface area contributed by atoms with Crippen LogP contribution in [0.4, 0.5) is 25.8 Å². The molecule has 1 aliphatic rings. The average Bonchev–Trinajstić information content (AvgIpc) is 2.70. The van der Waals surface area contributed by atoms with Gasteiger partial charge in [0.05, 0.1) is 17.6 Å². The molecule has 0 bridgehead atoms. The average molecular weight is 383 g/mol. The lowest BCUT2D eigenvalue weighted by Crippen LogP contribution is -2.17. The van der Waals surface area contributed by atoms with Gasteiger partial charge in [-0.25, -0.2) is 13.8 Å². The van der Waals surface area contributed by atoms with Crippen molar-refractivity contribution in [3.05, 3.63) is 72.1 Å². The molecular weight excluding hydrogens is 368 g/mol. The SMILES string of the molecule is O=C(Nc1ccc2c(c1)OCCO2)c1ccc(Nc2ccc(F)cc2F)cn1. The fourth-order valence-electron chi connectivity index (χ4n) is 2.66. The fourth-order valence-corrected chi connectivity index (χ4v) is 2.66. The van der Waals surface area contributed by atoms with Gasteiger partial charge in [-0.05, 0) is 36.4 Å². The van der Waals surface area contributed by atoms with Crippen molar-refractivity contribution in [2.75, 3.05) is 23.8 Å². The summed E-state index contributed by atoms with van der Waals surface area (Å²) < 4.78 is 37.6. The van der Waals surface area contributed by atoms with Crippen molar-refractivity contribution in [3.8, 4) is 11.5 Å². The molecule has 1 amide bonds. The van der Waals surface area contributed by atoms with E-state index in [1.54, 1.807) is 24.3 Å². The standard InChI is InChI=1S/C20H15F2N3O3/c21-12-1-4-16(15(22)9-12)24-14-2-5-17(23-11-14)20(26)25-13-3-6-18-19(10-13)28-8-7-27-18/h1-6,9-11,24H,7-8H2,(H,25,26). The number of aromatic nitrogens is 1. The highest BCUT2D eigenvalue weighted by atomic mass is 19.1. The lowest BCUT2D eigenvalue weighted by molar-refractivity contribution is 0.102. The molecule has 1 aromatic heterocycles. The van der Waals surface area contributed by atoms with Crippen LogP contribution in [0.25, 0.3) is 0 Å². The van der Waals surface area contributed by atoms with E-state index in [-0.39, 0.29) is 11.4 Å². The number of nitrogens with zero attached hydrogens (tertiary/aromatic N) is 1. The topological polar surface area (TPSA) is 72.5 Å². The molecule has 0 spiro atoms. The number of carbonyl (C=O) groups is 1. The second-order valence-corrected chi connectivity index (χ2v) is 5.99. The predicted octanol–water partition coefficient (Wildman–Crippen LogP) is 4.13. The van der Waals surface area contributed by atoms with Crippen LogP contribution in [0.1, 0.15) is 10.5 Å². The third kappa shape index (κ3) is 3.85. The third-order valence-electron chi connectivity index (χ3n) is 4.01. The number of carbonyl (C=O) groups excluding carboxylic acids is 1. The number of fused-ring (bicyclic) bond motifs is 1. The van der Waals surface area contributed by atoms with Gasteiger partial charge >= 0.3 is 0 Å². The van der Waals surface area contributed by atoms with Crippen LogP contribution in [0.15, 0.2) is 54.7 Å². The first kappa shape index (κ1) is 17.7. The quantitative estimate of drug-likeness (QED) is 0.709. The molecule has 0 aliphatic carbocycles. The molecular formula is C20H15F2N3O3. The van der Waals surface area contributed by atoms with E-state index < -0.39 is 17.5 Å². The highest BCUT2D eigenvalue weighted by Gasteiger charge is 2.14. The summed E-state index contributed by atoms with van der Waals surface area (Å²) in [6.07, 6.45) is 1.39. The summed E-state index contributed by atoms with van der Waals surface area (Å²) in [5, 5.41) is 5.52. The van der Waals surface area contributed by atoms with Crippen LogP contribution in [0.2, 0.25) is 0 Å². The third-order valence-corrected chi connectivity index (χ3v) is 4.01. The van der Waals surface area contributed by atoms with Gasteiger partial charge < -0.3 is 20.1 Å². The molecule has 0 radical (unpaired) electrons. The first-order valence-corrected chi connectivity index (χ1v) is 8.47. The minimum Gasteiger partial charge on any atom is -0.486 e. The minimum atomic E-state index is -0.722. The number of rotatable bonds is 4. The Morgan fingerprint density at radius 3 is 2.46 bits per heavy atom. The summed E-state index contributed by atoms with van der Waals surface area (Å²) in [6.45, 7) is 0.944. The van der Waals surface area contributed by atoms with Crippen LogP contribution in [0, 0.1) is 11.6 Å². The molecule has 2 aromatic carbocycles. The molecule has 4 rings (SSSR count). The van der Waals surface area contributed by atoms with Crippen LogP contribution in [-0.4, -0.2) is 24.1 Å². The van der Waals surface area contributed by atoms with Crippen LogP contribution in [-0.2, 0) is 0 Å². The van der Waals surface area contributed by atoms with Crippen molar-refractivity contribution >= 4 is 23.0 Å². The monoisotopic (exact) mass is 383 g/mol. The van der Waals surface area contributed by atoms with Gasteiger partial charge in [0.1, 0.15) is 30.5 Å². The maximum absolute atomic E-state index is 13.7. The lowest BCUT2D eigenvalue weighted by atomic mass is 10.2. The lowest BCUT2D eigenvalue weighted by Gasteiger charge is -2.19. The Morgan fingerprint density at radius 1 is 0.929 bits per heavy atom. The number of pyridine rings is 1. The molecule has 28 heavy (non-hydrogen) atoms. The molecule has 6 nitrogen and oxygen atoms in total. The van der Waals surface area contributed by atoms with Gasteiger partial charge in [0, 0.05) is 17.8 Å². The first-order valence-electron chi connectivity index (χ1n) is 8.47. The van der Waals surface area contributed by atoms with Gasteiger partial charge in [-0.15, -0.1) is 0 Å². The highest BCUT2D eigenvalue weighted by Crippen LogP contribution is 2.32. The predicted molar refractivity (Wildman–Crippen MR) is 99.3 cm³/mol. The van der Waals surface area contributed by atoms with Gasteiger partial charge in [-0.2, -0.15) is 0 Å². The van der Waals surface area contributed by atoms with E-state index in [0.717, 1.165) is 12.1 Å². The molecule has 2 N–H and O–H groups in total. The van der Waals surface area contributed by atoms with Gasteiger partial charge in [-0.1, -0.05) is 0 Å². The molecule has 0 saturated heterocycles. The number of anilines is 3. The summed E-state index contributed by atoms with van der Waals surface area (Å²) >= 11 is 0. The summed E-state index contributed by atoms with van der Waals surface area (Å²) in [5.74, 6) is -0.590. The van der Waals surface area contributed by atoms with Crippen molar-refractivity contribution in [2.45, 2.75) is 0 Å². The summed E-state index contributed by atoms with van der Waals surface area (Å²) in [7, 11) is 0. The number of hydrogen-bond acceptors (Lipinski definition) is 5. The van der Waals surface area contributed by atoms with E-state index >= 15 is 0 Å². The Bertz CT molecular complexity index is 1030. The summed E-state index contributed by atoms with van der Waals surface area (Å²) in [4.78, 5) is 16.5. The second kappa shape index (κ2) is 7.51. The Labute approximate surface area is 159 Å². The maximum atomic E-state index is 13.7. The van der Waals surface area contributed by atoms with E-state index in [1.807, 2.05) is 0 Å². The number of nitrogens with one attached hydrogen (secondary N) is 2. The van der Waals surface area contributed by atoms with Crippen LogP contribution in [0.5, 0.6) is 11.5 Å². The number of halogens is 2. The Balaban J connectivity index is 1.44. The Morgan fingerprint density at radius 2 is 1.71 bits per heavy atom. The van der Waals surface area contributed by atoms with Crippen molar-refractivity contribution in [2.24, 2.45) is 0 Å². The minimum absolute atomic E-state index is 0.108. The van der Waals surface area contributed by atoms with Crippen LogP contribution >= 0.6 is 0 Å². The number of ether oxygens (including phenoxy) is 2. The number of amides is 1. The van der Waals surface area contributed by atoms with Crippen molar-refractivity contribution in [1.29, 1.82) is 0 Å². The molecule has 0 saturated carbocycles. The summed E-state index contributed by atoms with van der Waals surface area (Å²) in [5.41, 5.74) is 1.30. The number of benzene rings is 2. The molecule has 0 fully saturated rings. The molecule has 8 heteroatoms. The number of hydrogen-bond donors (Lipinski definition) is 2. The molecule has 2 heterocycles. The zero-order valence-corrected chi connectivity index (χ0v) is 14.5. The Hall–Kier alpha value is -3.68. The fraction of sp³-hybridized carbons (Fsp3) is 0.100. The zero-order valence-electron chi connectivity index (χ0n) is 14.5. The van der Waals surface area contributed by atoms with E-state index in [1.165, 1.54) is 18.3 Å². The smallest absolute Gasteiger partial charge is 0.274 e. The normalized spacial score (nSPS) is 12.4. The van der Waals surface area contributed by atoms with Gasteiger partial charge in [0.25, 0.3) is 5.91 Å². The van der Waals surface area contributed by atoms with Gasteiger partial charge in [-0.3, -0.25) is 4.79 Å². The maximum Gasteiger partial charge on any atom is 0.274 e. The van der Waals surface area contributed by atoms with Crippen molar-refractivity contribution in [3.63, 3.8) is 0 Å². The van der Waals surface area contributed by atoms with Crippen molar-refractivity contribution in [1.82, 2.24) is 4.98 Å². The van der Waals surface area contributed by atoms with Crippen molar-refractivity contribution < 1.29 is 23.0 Å². The van der Waals surface area contributed by atoms with E-state index in [0.29, 0.717) is 36.1 Å². The molecule has 142 valence electrons.